The quantitative estimate of drug-likeness (QED) is 0.604. The first kappa shape index (κ1) is 16.3. The number of rotatable bonds is 3. The van der Waals surface area contributed by atoms with E-state index in [9.17, 15) is 14.4 Å². The molecule has 0 saturated carbocycles. The molecule has 0 saturated heterocycles. The SMILES string of the molecule is O=C(CN1C(=O)c2cc(Cl)c(Cl)cc2C1=O)c1ccc2c(c1)CCC2. The van der Waals surface area contributed by atoms with E-state index in [4.69, 9.17) is 23.2 Å². The summed E-state index contributed by atoms with van der Waals surface area (Å²) >= 11 is 11.9. The molecule has 2 amide bonds. The average molecular weight is 374 g/mol. The van der Waals surface area contributed by atoms with E-state index < -0.39 is 11.8 Å². The van der Waals surface area contributed by atoms with Crippen LogP contribution in [0.1, 0.15) is 48.6 Å². The molecular weight excluding hydrogens is 361 g/mol. The number of Topliss-reactive ketones (excluding diaryl/α,β-unsaturated/α-hetero) is 1. The van der Waals surface area contributed by atoms with Gasteiger partial charge in [0.2, 0.25) is 0 Å². The first-order valence-corrected chi connectivity index (χ1v) is 8.71. The molecular formula is C19H13Cl2NO3. The number of ketones is 1. The van der Waals surface area contributed by atoms with Gasteiger partial charge in [-0.2, -0.15) is 0 Å². The molecule has 2 aromatic rings. The van der Waals surface area contributed by atoms with Crippen molar-refractivity contribution in [3.05, 3.63) is 68.2 Å². The van der Waals surface area contributed by atoms with E-state index in [0.29, 0.717) is 5.56 Å². The zero-order valence-electron chi connectivity index (χ0n) is 13.1. The van der Waals surface area contributed by atoms with Gasteiger partial charge < -0.3 is 0 Å². The van der Waals surface area contributed by atoms with Gasteiger partial charge in [0, 0.05) is 5.56 Å². The van der Waals surface area contributed by atoms with Gasteiger partial charge in [0.1, 0.15) is 0 Å². The van der Waals surface area contributed by atoms with Crippen LogP contribution >= 0.6 is 23.2 Å². The number of aryl methyl sites for hydroxylation is 2. The van der Waals surface area contributed by atoms with Gasteiger partial charge in [-0.15, -0.1) is 0 Å². The van der Waals surface area contributed by atoms with Gasteiger partial charge in [-0.25, -0.2) is 0 Å². The van der Waals surface area contributed by atoms with Crippen LogP contribution in [-0.4, -0.2) is 29.0 Å². The van der Waals surface area contributed by atoms with Crippen molar-refractivity contribution in [2.24, 2.45) is 0 Å². The van der Waals surface area contributed by atoms with Crippen molar-refractivity contribution in [3.63, 3.8) is 0 Å². The van der Waals surface area contributed by atoms with Crippen molar-refractivity contribution < 1.29 is 14.4 Å². The number of hydrogen-bond donors (Lipinski definition) is 0. The van der Waals surface area contributed by atoms with Gasteiger partial charge in [0.05, 0.1) is 27.7 Å². The third-order valence-corrected chi connectivity index (χ3v) is 5.46. The molecule has 2 aromatic carbocycles. The zero-order chi connectivity index (χ0) is 17.7. The predicted molar refractivity (Wildman–Crippen MR) is 94.6 cm³/mol. The normalized spacial score (nSPS) is 15.5. The fraction of sp³-hybridized carbons (Fsp3) is 0.211. The van der Waals surface area contributed by atoms with Gasteiger partial charge >= 0.3 is 0 Å². The molecule has 0 N–H and O–H groups in total. The molecule has 1 heterocycles. The highest BCUT2D eigenvalue weighted by Gasteiger charge is 2.37. The van der Waals surface area contributed by atoms with Gasteiger partial charge in [-0.3, -0.25) is 19.3 Å². The Balaban J connectivity index is 1.60. The fourth-order valence-corrected chi connectivity index (χ4v) is 3.73. The minimum atomic E-state index is -0.520. The van der Waals surface area contributed by atoms with Crippen molar-refractivity contribution in [1.82, 2.24) is 4.90 Å². The summed E-state index contributed by atoms with van der Waals surface area (Å²) in [6.07, 6.45) is 3.08. The maximum atomic E-state index is 12.6. The molecule has 0 fully saturated rings. The Labute approximate surface area is 154 Å². The van der Waals surface area contributed by atoms with Crippen LogP contribution in [0, 0.1) is 0 Å². The van der Waals surface area contributed by atoms with Crippen LogP contribution in [0.5, 0.6) is 0 Å². The van der Waals surface area contributed by atoms with E-state index in [-0.39, 0.29) is 33.5 Å². The van der Waals surface area contributed by atoms with Gasteiger partial charge in [-0.05, 0) is 48.6 Å². The molecule has 1 aliphatic carbocycles. The summed E-state index contributed by atoms with van der Waals surface area (Å²) in [5.41, 5.74) is 3.32. The molecule has 0 aromatic heterocycles. The van der Waals surface area contributed by atoms with Crippen molar-refractivity contribution in [2.45, 2.75) is 19.3 Å². The lowest BCUT2D eigenvalue weighted by Crippen LogP contribution is -2.34. The Morgan fingerprint density at radius 1 is 0.920 bits per heavy atom. The van der Waals surface area contributed by atoms with E-state index in [1.54, 1.807) is 6.07 Å². The predicted octanol–water partition coefficient (Wildman–Crippen LogP) is 3.96. The molecule has 0 atom stereocenters. The molecule has 6 heteroatoms. The Hall–Kier alpha value is -2.17. The summed E-state index contributed by atoms with van der Waals surface area (Å²) < 4.78 is 0. The minimum absolute atomic E-state index is 0.182. The first-order chi connectivity index (χ1) is 12.0. The second kappa shape index (κ2) is 5.97. The van der Waals surface area contributed by atoms with E-state index in [2.05, 4.69) is 0 Å². The number of fused-ring (bicyclic) bond motifs is 2. The Morgan fingerprint density at radius 2 is 1.52 bits per heavy atom. The minimum Gasteiger partial charge on any atom is -0.292 e. The highest BCUT2D eigenvalue weighted by Crippen LogP contribution is 2.31. The molecule has 0 radical (unpaired) electrons. The Morgan fingerprint density at radius 3 is 2.16 bits per heavy atom. The fourth-order valence-electron chi connectivity index (χ4n) is 3.41. The maximum absolute atomic E-state index is 12.6. The molecule has 2 aliphatic rings. The lowest BCUT2D eigenvalue weighted by atomic mass is 10.0. The topological polar surface area (TPSA) is 54.5 Å². The summed E-state index contributed by atoms with van der Waals surface area (Å²) in [4.78, 5) is 38.5. The van der Waals surface area contributed by atoms with Crippen molar-refractivity contribution in [3.8, 4) is 0 Å². The highest BCUT2D eigenvalue weighted by molar-refractivity contribution is 6.43. The summed E-state index contributed by atoms with van der Waals surface area (Å²) in [6.45, 7) is -0.291. The van der Waals surface area contributed by atoms with E-state index in [1.165, 1.54) is 23.3 Å². The summed E-state index contributed by atoms with van der Waals surface area (Å²) in [5.74, 6) is -1.30. The Kier molecular flexibility index (Phi) is 3.89. The largest absolute Gasteiger partial charge is 0.292 e. The number of carbonyl (C=O) groups excluding carboxylic acids is 3. The lowest BCUT2D eigenvalue weighted by Gasteiger charge is -2.13. The zero-order valence-corrected chi connectivity index (χ0v) is 14.7. The second-order valence-corrected chi connectivity index (χ2v) is 7.08. The first-order valence-electron chi connectivity index (χ1n) is 7.96. The highest BCUT2D eigenvalue weighted by atomic mass is 35.5. The van der Waals surface area contributed by atoms with Gasteiger partial charge in [0.25, 0.3) is 11.8 Å². The van der Waals surface area contributed by atoms with Crippen LogP contribution in [0.15, 0.2) is 30.3 Å². The van der Waals surface area contributed by atoms with E-state index >= 15 is 0 Å². The number of amides is 2. The van der Waals surface area contributed by atoms with Gasteiger partial charge in [-0.1, -0.05) is 35.3 Å². The van der Waals surface area contributed by atoms with Crippen LogP contribution in [-0.2, 0) is 12.8 Å². The maximum Gasteiger partial charge on any atom is 0.262 e. The molecule has 25 heavy (non-hydrogen) atoms. The molecule has 1 aliphatic heterocycles. The number of imide groups is 1. The monoisotopic (exact) mass is 373 g/mol. The summed E-state index contributed by atoms with van der Waals surface area (Å²) in [5, 5.41) is 0.404. The summed E-state index contributed by atoms with van der Waals surface area (Å²) in [6, 6.07) is 8.34. The summed E-state index contributed by atoms with van der Waals surface area (Å²) in [7, 11) is 0. The molecule has 0 bridgehead atoms. The number of carbonyl (C=O) groups is 3. The molecule has 4 rings (SSSR count). The van der Waals surface area contributed by atoms with E-state index in [1.807, 2.05) is 12.1 Å². The molecule has 4 nitrogen and oxygen atoms in total. The molecule has 126 valence electrons. The van der Waals surface area contributed by atoms with Crippen molar-refractivity contribution >= 4 is 40.8 Å². The van der Waals surface area contributed by atoms with Crippen molar-refractivity contribution in [1.29, 1.82) is 0 Å². The van der Waals surface area contributed by atoms with Crippen molar-refractivity contribution in [2.75, 3.05) is 6.54 Å². The molecule has 0 unspecified atom stereocenters. The standard InChI is InChI=1S/C19H13Cl2NO3/c20-15-7-13-14(8-16(15)21)19(25)22(18(13)24)9-17(23)12-5-4-10-2-1-3-11(10)6-12/h4-8H,1-3,9H2. The average Bonchev–Trinajstić information content (AvgIpc) is 3.15. The lowest BCUT2D eigenvalue weighted by molar-refractivity contribution is 0.0624. The third kappa shape index (κ3) is 2.66. The van der Waals surface area contributed by atoms with Gasteiger partial charge in [0.15, 0.2) is 5.78 Å². The third-order valence-electron chi connectivity index (χ3n) is 4.73. The number of hydrogen-bond acceptors (Lipinski definition) is 3. The van der Waals surface area contributed by atoms with Crippen LogP contribution in [0.3, 0.4) is 0 Å². The van der Waals surface area contributed by atoms with Crippen LogP contribution < -0.4 is 0 Å². The number of nitrogens with zero attached hydrogens (tertiary/aromatic N) is 1. The second-order valence-electron chi connectivity index (χ2n) is 6.27. The smallest absolute Gasteiger partial charge is 0.262 e. The van der Waals surface area contributed by atoms with E-state index in [0.717, 1.165) is 24.2 Å². The van der Waals surface area contributed by atoms with Crippen LogP contribution in [0.4, 0.5) is 0 Å². The van der Waals surface area contributed by atoms with Crippen LogP contribution in [0.25, 0.3) is 0 Å². The Bertz CT molecular complexity index is 911. The molecule has 0 spiro atoms. The number of halogens is 2. The number of benzene rings is 2. The van der Waals surface area contributed by atoms with Crippen LogP contribution in [0.2, 0.25) is 10.0 Å².